The molecule has 1 aliphatic rings. The van der Waals surface area contributed by atoms with Gasteiger partial charge in [-0.2, -0.15) is 0 Å². The van der Waals surface area contributed by atoms with Crippen molar-refractivity contribution in [3.05, 3.63) is 33.8 Å². The molecule has 0 aliphatic carbocycles. The molecule has 1 amide bonds. The molecule has 1 aliphatic heterocycles. The standard InChI is InChI=1S/C16H22Cl2N2O3/c1-22-10-16(21)20-5-4-15-12(9-19-6-7-23-15)11-2-3-13(17)14(18)8-11/h2-3,8,12,15,19H,4-7,9-10H2,1H3,(H,20,21)/t12-,15+/m1/s1. The summed E-state index contributed by atoms with van der Waals surface area (Å²) >= 11 is 12.1. The Morgan fingerprint density at radius 3 is 3.00 bits per heavy atom. The first-order valence-corrected chi connectivity index (χ1v) is 8.40. The minimum absolute atomic E-state index is 0.00471. The van der Waals surface area contributed by atoms with Crippen molar-refractivity contribution in [1.82, 2.24) is 10.6 Å². The first kappa shape index (κ1) is 18.5. The fourth-order valence-electron chi connectivity index (χ4n) is 2.68. The third-order valence-electron chi connectivity index (χ3n) is 3.82. The molecule has 0 spiro atoms. The van der Waals surface area contributed by atoms with E-state index in [-0.39, 0.29) is 24.5 Å². The lowest BCUT2D eigenvalue weighted by molar-refractivity contribution is -0.124. The zero-order valence-corrected chi connectivity index (χ0v) is 14.6. The molecule has 1 heterocycles. The molecule has 7 heteroatoms. The summed E-state index contributed by atoms with van der Waals surface area (Å²) in [4.78, 5) is 11.5. The molecule has 0 saturated carbocycles. The second-order valence-electron chi connectivity index (χ2n) is 5.47. The Labute approximate surface area is 146 Å². The summed E-state index contributed by atoms with van der Waals surface area (Å²) in [6, 6.07) is 5.68. The Hall–Kier alpha value is -0.850. The van der Waals surface area contributed by atoms with Crippen molar-refractivity contribution in [2.75, 3.05) is 40.0 Å². The number of hydrogen-bond donors (Lipinski definition) is 2. The summed E-state index contributed by atoms with van der Waals surface area (Å²) in [5, 5.41) is 7.29. The fraction of sp³-hybridized carbons (Fsp3) is 0.562. The van der Waals surface area contributed by atoms with Gasteiger partial charge in [0.05, 0.1) is 22.8 Å². The van der Waals surface area contributed by atoms with Gasteiger partial charge in [-0.3, -0.25) is 4.79 Å². The number of carbonyl (C=O) groups excluding carboxylic acids is 1. The predicted molar refractivity (Wildman–Crippen MR) is 91.3 cm³/mol. The minimum atomic E-state index is -0.120. The van der Waals surface area contributed by atoms with E-state index in [4.69, 9.17) is 32.7 Å². The number of carbonyl (C=O) groups is 1. The number of amides is 1. The molecule has 5 nitrogen and oxygen atoms in total. The number of benzene rings is 1. The van der Waals surface area contributed by atoms with Crippen molar-refractivity contribution in [1.29, 1.82) is 0 Å². The second-order valence-corrected chi connectivity index (χ2v) is 6.28. The largest absolute Gasteiger partial charge is 0.376 e. The number of hydrogen-bond acceptors (Lipinski definition) is 4. The Kier molecular flexibility index (Phi) is 7.59. The fourth-order valence-corrected chi connectivity index (χ4v) is 2.99. The first-order valence-electron chi connectivity index (χ1n) is 7.64. The molecular formula is C16H22Cl2N2O3. The highest BCUT2D eigenvalue weighted by Gasteiger charge is 2.26. The van der Waals surface area contributed by atoms with Gasteiger partial charge in [-0.25, -0.2) is 0 Å². The molecule has 1 fully saturated rings. The second kappa shape index (κ2) is 9.45. The monoisotopic (exact) mass is 360 g/mol. The van der Waals surface area contributed by atoms with E-state index in [9.17, 15) is 4.79 Å². The van der Waals surface area contributed by atoms with E-state index in [0.717, 1.165) is 25.1 Å². The molecule has 2 N–H and O–H groups in total. The van der Waals surface area contributed by atoms with Gasteiger partial charge in [0.15, 0.2) is 0 Å². The molecule has 2 atom stereocenters. The Bertz CT molecular complexity index is 528. The maximum absolute atomic E-state index is 11.5. The van der Waals surface area contributed by atoms with Crippen molar-refractivity contribution in [3.63, 3.8) is 0 Å². The van der Waals surface area contributed by atoms with Crippen LogP contribution in [0.15, 0.2) is 18.2 Å². The highest BCUT2D eigenvalue weighted by molar-refractivity contribution is 6.42. The molecule has 1 aromatic carbocycles. The third kappa shape index (κ3) is 5.62. The first-order chi connectivity index (χ1) is 11.1. The Morgan fingerprint density at radius 2 is 2.26 bits per heavy atom. The van der Waals surface area contributed by atoms with Crippen LogP contribution in [0.4, 0.5) is 0 Å². The summed E-state index contributed by atoms with van der Waals surface area (Å²) < 4.78 is 10.8. The normalized spacial score (nSPS) is 21.7. The molecule has 0 unspecified atom stereocenters. The zero-order chi connectivity index (χ0) is 16.7. The van der Waals surface area contributed by atoms with Gasteiger partial charge >= 0.3 is 0 Å². The van der Waals surface area contributed by atoms with Gasteiger partial charge in [-0.1, -0.05) is 29.3 Å². The van der Waals surface area contributed by atoms with E-state index >= 15 is 0 Å². The molecule has 0 aromatic heterocycles. The van der Waals surface area contributed by atoms with Crippen LogP contribution in [0.3, 0.4) is 0 Å². The van der Waals surface area contributed by atoms with Gasteiger partial charge < -0.3 is 20.1 Å². The lowest BCUT2D eigenvalue weighted by atomic mass is 9.91. The van der Waals surface area contributed by atoms with Crippen LogP contribution < -0.4 is 10.6 Å². The quantitative estimate of drug-likeness (QED) is 0.816. The van der Waals surface area contributed by atoms with Crippen LogP contribution in [0.2, 0.25) is 10.0 Å². The van der Waals surface area contributed by atoms with Gasteiger partial charge in [0.2, 0.25) is 5.91 Å². The lowest BCUT2D eigenvalue weighted by Crippen LogP contribution is -2.33. The molecule has 1 saturated heterocycles. The average Bonchev–Trinajstić information content (AvgIpc) is 2.76. The smallest absolute Gasteiger partial charge is 0.245 e. The summed E-state index contributed by atoms with van der Waals surface area (Å²) in [5.74, 6) is 0.0388. The number of nitrogens with one attached hydrogen (secondary N) is 2. The molecule has 23 heavy (non-hydrogen) atoms. The molecule has 0 bridgehead atoms. The zero-order valence-electron chi connectivity index (χ0n) is 13.1. The Balaban J connectivity index is 2.01. The predicted octanol–water partition coefficient (Wildman–Crippen LogP) is 2.22. The van der Waals surface area contributed by atoms with Crippen LogP contribution in [0.1, 0.15) is 17.9 Å². The number of methoxy groups -OCH3 is 1. The van der Waals surface area contributed by atoms with Crippen LogP contribution in [-0.2, 0) is 14.3 Å². The van der Waals surface area contributed by atoms with Crippen molar-refractivity contribution in [3.8, 4) is 0 Å². The summed E-state index contributed by atoms with van der Waals surface area (Å²) in [6.07, 6.45) is 0.729. The maximum atomic E-state index is 11.5. The topological polar surface area (TPSA) is 59.6 Å². The Morgan fingerprint density at radius 1 is 1.43 bits per heavy atom. The van der Waals surface area contributed by atoms with Crippen molar-refractivity contribution < 1.29 is 14.3 Å². The van der Waals surface area contributed by atoms with Gasteiger partial charge in [-0.05, 0) is 24.1 Å². The molecule has 2 rings (SSSR count). The number of rotatable bonds is 6. The minimum Gasteiger partial charge on any atom is -0.376 e. The van der Waals surface area contributed by atoms with Crippen LogP contribution in [0.5, 0.6) is 0 Å². The molecule has 128 valence electrons. The van der Waals surface area contributed by atoms with E-state index in [2.05, 4.69) is 10.6 Å². The summed E-state index contributed by atoms with van der Waals surface area (Å²) in [7, 11) is 1.50. The van der Waals surface area contributed by atoms with E-state index in [1.165, 1.54) is 7.11 Å². The van der Waals surface area contributed by atoms with E-state index in [0.29, 0.717) is 23.2 Å². The maximum Gasteiger partial charge on any atom is 0.245 e. The van der Waals surface area contributed by atoms with Crippen molar-refractivity contribution >= 4 is 29.1 Å². The van der Waals surface area contributed by atoms with Crippen molar-refractivity contribution in [2.24, 2.45) is 0 Å². The van der Waals surface area contributed by atoms with Gasteiger partial charge in [0.1, 0.15) is 6.61 Å². The van der Waals surface area contributed by atoms with Crippen LogP contribution in [0, 0.1) is 0 Å². The van der Waals surface area contributed by atoms with Crippen LogP contribution in [-0.4, -0.2) is 52.0 Å². The van der Waals surface area contributed by atoms with Crippen LogP contribution in [0.25, 0.3) is 0 Å². The number of ether oxygens (including phenoxy) is 2. The van der Waals surface area contributed by atoms with E-state index in [1.54, 1.807) is 0 Å². The highest BCUT2D eigenvalue weighted by Crippen LogP contribution is 2.30. The molecule has 1 aromatic rings. The average molecular weight is 361 g/mol. The van der Waals surface area contributed by atoms with Gasteiger partial charge in [0.25, 0.3) is 0 Å². The SMILES string of the molecule is COCC(=O)NCC[C@@H]1OCCNC[C@@H]1c1ccc(Cl)c(Cl)c1. The summed E-state index contributed by atoms with van der Waals surface area (Å²) in [5.41, 5.74) is 1.09. The van der Waals surface area contributed by atoms with E-state index in [1.807, 2.05) is 18.2 Å². The van der Waals surface area contributed by atoms with Gasteiger partial charge in [0, 0.05) is 32.7 Å². The number of halogens is 2. The summed E-state index contributed by atoms with van der Waals surface area (Å²) in [6.45, 7) is 2.88. The van der Waals surface area contributed by atoms with Crippen LogP contribution >= 0.6 is 23.2 Å². The lowest BCUT2D eigenvalue weighted by Gasteiger charge is -2.25. The third-order valence-corrected chi connectivity index (χ3v) is 4.56. The van der Waals surface area contributed by atoms with Crippen molar-refractivity contribution in [2.45, 2.75) is 18.4 Å². The molecule has 0 radical (unpaired) electrons. The highest BCUT2D eigenvalue weighted by atomic mass is 35.5. The molecular weight excluding hydrogens is 339 g/mol. The van der Waals surface area contributed by atoms with E-state index < -0.39 is 0 Å². The van der Waals surface area contributed by atoms with Gasteiger partial charge in [-0.15, -0.1) is 0 Å².